The first kappa shape index (κ1) is 17.2. The van der Waals surface area contributed by atoms with Gasteiger partial charge in [0, 0.05) is 6.21 Å². The van der Waals surface area contributed by atoms with Crippen molar-refractivity contribution in [2.75, 3.05) is 7.11 Å². The van der Waals surface area contributed by atoms with Crippen molar-refractivity contribution in [3.63, 3.8) is 0 Å². The van der Waals surface area contributed by atoms with Gasteiger partial charge in [0.2, 0.25) is 0 Å². The molecule has 0 aliphatic carbocycles. The highest BCUT2D eigenvalue weighted by Gasteiger charge is 2.03. The van der Waals surface area contributed by atoms with Gasteiger partial charge in [-0.25, -0.2) is 4.79 Å². The third kappa shape index (κ3) is 4.70. The highest BCUT2D eigenvalue weighted by molar-refractivity contribution is 5.90. The number of azo groups is 1. The van der Waals surface area contributed by atoms with Crippen LogP contribution >= 0.6 is 0 Å². The summed E-state index contributed by atoms with van der Waals surface area (Å²) in [6.07, 6.45) is 1.76. The molecule has 0 bridgehead atoms. The molecule has 0 amide bonds. The van der Waals surface area contributed by atoms with Gasteiger partial charge < -0.3 is 4.74 Å². The van der Waals surface area contributed by atoms with Crippen LogP contribution in [-0.2, 0) is 4.74 Å². The van der Waals surface area contributed by atoms with E-state index >= 15 is 0 Å². The lowest BCUT2D eigenvalue weighted by molar-refractivity contribution is 0.0601. The molecule has 0 unspecified atom stereocenters. The standard InChI is InChI=1S/C21H17N3O2/c1-26-21(25)17-9-13-18(14-10-17)22-15-16-7-11-20(12-8-16)24-23-19-5-3-2-4-6-19/h2-15H,1H3. The molecule has 0 aromatic heterocycles. The molecular weight excluding hydrogens is 326 g/mol. The van der Waals surface area contributed by atoms with E-state index in [1.807, 2.05) is 54.6 Å². The van der Waals surface area contributed by atoms with Crippen LogP contribution in [0.2, 0.25) is 0 Å². The van der Waals surface area contributed by atoms with Gasteiger partial charge in [-0.3, -0.25) is 4.99 Å². The third-order valence-electron chi connectivity index (χ3n) is 3.58. The summed E-state index contributed by atoms with van der Waals surface area (Å²) in [7, 11) is 1.36. The highest BCUT2D eigenvalue weighted by Crippen LogP contribution is 2.18. The van der Waals surface area contributed by atoms with Crippen LogP contribution in [0.15, 0.2) is 94.1 Å². The molecule has 128 valence electrons. The Hall–Kier alpha value is -3.60. The van der Waals surface area contributed by atoms with Crippen LogP contribution in [0.4, 0.5) is 17.1 Å². The Morgan fingerprint density at radius 2 is 1.35 bits per heavy atom. The number of carbonyl (C=O) groups excluding carboxylic acids is 1. The number of hydrogen-bond acceptors (Lipinski definition) is 5. The number of aliphatic imine (C=N–C) groups is 1. The summed E-state index contributed by atoms with van der Waals surface area (Å²) < 4.78 is 4.67. The first-order chi connectivity index (χ1) is 12.7. The number of methoxy groups -OCH3 is 1. The van der Waals surface area contributed by atoms with Crippen molar-refractivity contribution in [3.05, 3.63) is 90.0 Å². The number of benzene rings is 3. The molecule has 0 fully saturated rings. The molecule has 0 aliphatic rings. The largest absolute Gasteiger partial charge is 0.465 e. The fraction of sp³-hybridized carbons (Fsp3) is 0.0476. The minimum absolute atomic E-state index is 0.360. The summed E-state index contributed by atoms with van der Waals surface area (Å²) in [6.45, 7) is 0. The van der Waals surface area contributed by atoms with Gasteiger partial charge in [-0.1, -0.05) is 30.3 Å². The van der Waals surface area contributed by atoms with Crippen molar-refractivity contribution < 1.29 is 9.53 Å². The SMILES string of the molecule is COC(=O)c1ccc(N=Cc2ccc(N=Nc3ccccc3)cc2)cc1. The lowest BCUT2D eigenvalue weighted by Crippen LogP contribution is -1.99. The normalized spacial score (nSPS) is 11.1. The van der Waals surface area contributed by atoms with Crippen molar-refractivity contribution in [1.82, 2.24) is 0 Å². The van der Waals surface area contributed by atoms with Gasteiger partial charge in [-0.05, 0) is 54.1 Å². The average molecular weight is 343 g/mol. The Morgan fingerprint density at radius 1 is 0.769 bits per heavy atom. The maximum atomic E-state index is 11.4. The van der Waals surface area contributed by atoms with Gasteiger partial charge in [0.1, 0.15) is 0 Å². The lowest BCUT2D eigenvalue weighted by Gasteiger charge is -1.99. The van der Waals surface area contributed by atoms with E-state index in [1.54, 1.807) is 30.5 Å². The van der Waals surface area contributed by atoms with Gasteiger partial charge in [0.05, 0.1) is 29.7 Å². The van der Waals surface area contributed by atoms with Gasteiger partial charge in [0.15, 0.2) is 0 Å². The monoisotopic (exact) mass is 343 g/mol. The zero-order valence-electron chi connectivity index (χ0n) is 14.2. The molecule has 3 aromatic rings. The summed E-state index contributed by atoms with van der Waals surface area (Å²) in [4.78, 5) is 15.8. The zero-order chi connectivity index (χ0) is 18.2. The second-order valence-corrected chi connectivity index (χ2v) is 5.42. The van der Waals surface area contributed by atoms with E-state index in [1.165, 1.54) is 7.11 Å². The van der Waals surface area contributed by atoms with E-state index in [4.69, 9.17) is 0 Å². The zero-order valence-corrected chi connectivity index (χ0v) is 14.2. The molecule has 5 nitrogen and oxygen atoms in total. The first-order valence-corrected chi connectivity index (χ1v) is 8.04. The van der Waals surface area contributed by atoms with Crippen LogP contribution < -0.4 is 0 Å². The molecule has 0 spiro atoms. The number of rotatable bonds is 5. The van der Waals surface area contributed by atoms with Crippen LogP contribution in [0.3, 0.4) is 0 Å². The number of hydrogen-bond donors (Lipinski definition) is 0. The summed E-state index contributed by atoms with van der Waals surface area (Å²) in [5, 5.41) is 8.39. The van der Waals surface area contributed by atoms with Crippen LogP contribution in [0.1, 0.15) is 15.9 Å². The van der Waals surface area contributed by atoms with E-state index < -0.39 is 0 Å². The number of esters is 1. The van der Waals surface area contributed by atoms with E-state index in [0.717, 1.165) is 22.6 Å². The van der Waals surface area contributed by atoms with E-state index in [2.05, 4.69) is 20.0 Å². The van der Waals surface area contributed by atoms with Crippen LogP contribution in [0.5, 0.6) is 0 Å². The topological polar surface area (TPSA) is 63.4 Å². The van der Waals surface area contributed by atoms with Crippen molar-refractivity contribution in [2.24, 2.45) is 15.2 Å². The Morgan fingerprint density at radius 3 is 1.96 bits per heavy atom. The quantitative estimate of drug-likeness (QED) is 0.342. The van der Waals surface area contributed by atoms with E-state index in [9.17, 15) is 4.79 Å². The van der Waals surface area contributed by atoms with Crippen molar-refractivity contribution in [2.45, 2.75) is 0 Å². The molecule has 0 saturated heterocycles. The molecule has 0 aliphatic heterocycles. The molecule has 26 heavy (non-hydrogen) atoms. The summed E-state index contributed by atoms with van der Waals surface area (Å²) in [6, 6.07) is 24.1. The molecule has 0 radical (unpaired) electrons. The molecule has 3 rings (SSSR count). The number of nitrogens with zero attached hydrogens (tertiary/aromatic N) is 3. The van der Waals surface area contributed by atoms with Crippen LogP contribution in [0, 0.1) is 0 Å². The smallest absolute Gasteiger partial charge is 0.337 e. The second kappa shape index (κ2) is 8.48. The van der Waals surface area contributed by atoms with Gasteiger partial charge >= 0.3 is 5.97 Å². The third-order valence-corrected chi connectivity index (χ3v) is 3.58. The number of carbonyl (C=O) groups is 1. The van der Waals surface area contributed by atoms with Gasteiger partial charge in [-0.15, -0.1) is 0 Å². The summed E-state index contributed by atoms with van der Waals surface area (Å²) >= 11 is 0. The van der Waals surface area contributed by atoms with Crippen LogP contribution in [0.25, 0.3) is 0 Å². The Labute approximate surface area is 151 Å². The van der Waals surface area contributed by atoms with Crippen molar-refractivity contribution in [3.8, 4) is 0 Å². The van der Waals surface area contributed by atoms with Gasteiger partial charge in [0.25, 0.3) is 0 Å². The molecule has 3 aromatic carbocycles. The van der Waals surface area contributed by atoms with Crippen molar-refractivity contribution in [1.29, 1.82) is 0 Å². The van der Waals surface area contributed by atoms with Crippen LogP contribution in [-0.4, -0.2) is 19.3 Å². The summed E-state index contributed by atoms with van der Waals surface area (Å²) in [5.41, 5.74) is 3.78. The molecule has 5 heteroatoms. The number of ether oxygens (including phenoxy) is 1. The first-order valence-electron chi connectivity index (χ1n) is 8.04. The lowest BCUT2D eigenvalue weighted by atomic mass is 10.2. The Balaban J connectivity index is 1.64. The van der Waals surface area contributed by atoms with Gasteiger partial charge in [-0.2, -0.15) is 10.2 Å². The minimum atomic E-state index is -0.360. The maximum Gasteiger partial charge on any atom is 0.337 e. The predicted octanol–water partition coefficient (Wildman–Crippen LogP) is 5.64. The summed E-state index contributed by atoms with van der Waals surface area (Å²) in [5.74, 6) is -0.360. The minimum Gasteiger partial charge on any atom is -0.465 e. The average Bonchev–Trinajstić information content (AvgIpc) is 2.72. The highest BCUT2D eigenvalue weighted by atomic mass is 16.5. The molecule has 0 atom stereocenters. The molecule has 0 heterocycles. The van der Waals surface area contributed by atoms with Crippen molar-refractivity contribution >= 4 is 29.2 Å². The fourth-order valence-electron chi connectivity index (χ4n) is 2.19. The molecule has 0 N–H and O–H groups in total. The Bertz CT molecular complexity index is 916. The second-order valence-electron chi connectivity index (χ2n) is 5.42. The van der Waals surface area contributed by atoms with E-state index in [-0.39, 0.29) is 5.97 Å². The van der Waals surface area contributed by atoms with E-state index in [0.29, 0.717) is 5.56 Å². The molecule has 0 saturated carbocycles. The maximum absolute atomic E-state index is 11.4. The fourth-order valence-corrected chi connectivity index (χ4v) is 2.19. The molecular formula is C21H17N3O2. The predicted molar refractivity (Wildman–Crippen MR) is 102 cm³/mol. The Kier molecular flexibility index (Phi) is 5.62.